The summed E-state index contributed by atoms with van der Waals surface area (Å²) in [6, 6.07) is 11.0. The number of benzene rings is 2. The molecule has 0 aliphatic carbocycles. The summed E-state index contributed by atoms with van der Waals surface area (Å²) in [5.74, 6) is -0.358. The molecular formula is C24H31N3O6. The van der Waals surface area contributed by atoms with Crippen molar-refractivity contribution in [1.82, 2.24) is 10.2 Å². The molecule has 0 bridgehead atoms. The number of methoxy groups -OCH3 is 1. The van der Waals surface area contributed by atoms with Gasteiger partial charge in [-0.15, -0.1) is 0 Å². The van der Waals surface area contributed by atoms with E-state index in [1.54, 1.807) is 6.92 Å². The Morgan fingerprint density at radius 2 is 1.91 bits per heavy atom. The minimum absolute atomic E-state index is 0.0142. The van der Waals surface area contributed by atoms with Gasteiger partial charge in [-0.2, -0.15) is 0 Å². The zero-order chi connectivity index (χ0) is 24.5. The van der Waals surface area contributed by atoms with Crippen molar-refractivity contribution in [3.8, 4) is 11.5 Å². The van der Waals surface area contributed by atoms with Crippen LogP contribution in [0, 0.1) is 17.0 Å². The summed E-state index contributed by atoms with van der Waals surface area (Å²) in [5, 5.41) is 14.0. The van der Waals surface area contributed by atoms with Crippen molar-refractivity contribution in [3.05, 3.63) is 63.7 Å². The van der Waals surface area contributed by atoms with Gasteiger partial charge in [0.25, 0.3) is 5.91 Å². The summed E-state index contributed by atoms with van der Waals surface area (Å²) in [5.41, 5.74) is 1.74. The van der Waals surface area contributed by atoms with Crippen molar-refractivity contribution in [3.63, 3.8) is 0 Å². The standard InChI is InChI=1S/C24H31N3O6/c1-6-17(3)25-24(29)18(4)26(14-19-9-7-8-16(2)12-19)23(28)15-33-20-10-11-21(27(30)31)22(13-20)32-5/h7-13,17-18H,6,14-15H2,1-5H3,(H,25,29)/t17-,18+/m0/s1. The first-order valence-electron chi connectivity index (χ1n) is 10.8. The molecule has 33 heavy (non-hydrogen) atoms. The molecule has 0 heterocycles. The number of nitrogens with zero attached hydrogens (tertiary/aromatic N) is 2. The van der Waals surface area contributed by atoms with Gasteiger partial charge in [0.2, 0.25) is 11.7 Å². The fraction of sp³-hybridized carbons (Fsp3) is 0.417. The lowest BCUT2D eigenvalue weighted by atomic mass is 10.1. The van der Waals surface area contributed by atoms with E-state index in [9.17, 15) is 19.7 Å². The van der Waals surface area contributed by atoms with Crippen molar-refractivity contribution in [2.24, 2.45) is 0 Å². The molecule has 0 aliphatic rings. The van der Waals surface area contributed by atoms with Gasteiger partial charge in [0.05, 0.1) is 12.0 Å². The number of carbonyl (C=O) groups is 2. The van der Waals surface area contributed by atoms with Crippen molar-refractivity contribution in [2.45, 2.75) is 52.7 Å². The lowest BCUT2D eigenvalue weighted by molar-refractivity contribution is -0.385. The maximum atomic E-state index is 13.1. The summed E-state index contributed by atoms with van der Waals surface area (Å²) in [6.45, 7) is 7.41. The van der Waals surface area contributed by atoms with Crippen molar-refractivity contribution >= 4 is 17.5 Å². The summed E-state index contributed by atoms with van der Waals surface area (Å²) in [6.07, 6.45) is 0.773. The number of aryl methyl sites for hydroxylation is 1. The molecule has 2 atom stereocenters. The molecule has 178 valence electrons. The molecule has 2 amide bonds. The Balaban J connectivity index is 2.20. The second-order valence-electron chi connectivity index (χ2n) is 7.88. The highest BCUT2D eigenvalue weighted by molar-refractivity contribution is 5.88. The van der Waals surface area contributed by atoms with Crippen LogP contribution in [-0.4, -0.2) is 47.4 Å². The van der Waals surface area contributed by atoms with Crippen molar-refractivity contribution in [2.75, 3.05) is 13.7 Å². The minimum atomic E-state index is -0.720. The Hall–Kier alpha value is -3.62. The van der Waals surface area contributed by atoms with Gasteiger partial charge in [0.15, 0.2) is 6.61 Å². The van der Waals surface area contributed by atoms with Crippen LogP contribution in [0.4, 0.5) is 5.69 Å². The molecule has 0 spiro atoms. The Morgan fingerprint density at radius 1 is 1.18 bits per heavy atom. The third kappa shape index (κ3) is 7.20. The van der Waals surface area contributed by atoms with Gasteiger partial charge in [0.1, 0.15) is 11.8 Å². The van der Waals surface area contributed by atoms with Crippen LogP contribution < -0.4 is 14.8 Å². The Labute approximate surface area is 193 Å². The molecule has 1 N–H and O–H groups in total. The second kappa shape index (κ2) is 11.8. The van der Waals surface area contributed by atoms with Gasteiger partial charge in [0, 0.05) is 24.7 Å². The maximum Gasteiger partial charge on any atom is 0.311 e. The summed E-state index contributed by atoms with van der Waals surface area (Å²) >= 11 is 0. The van der Waals surface area contributed by atoms with E-state index in [2.05, 4.69) is 5.32 Å². The molecule has 0 fully saturated rings. The van der Waals surface area contributed by atoms with E-state index in [1.807, 2.05) is 45.0 Å². The lowest BCUT2D eigenvalue weighted by Gasteiger charge is -2.29. The smallest absolute Gasteiger partial charge is 0.311 e. The molecule has 2 aromatic carbocycles. The molecule has 2 aromatic rings. The fourth-order valence-corrected chi connectivity index (χ4v) is 3.18. The van der Waals surface area contributed by atoms with E-state index in [0.717, 1.165) is 17.5 Å². The second-order valence-corrected chi connectivity index (χ2v) is 7.88. The summed E-state index contributed by atoms with van der Waals surface area (Å²) in [7, 11) is 1.32. The number of rotatable bonds is 11. The van der Waals surface area contributed by atoms with E-state index < -0.39 is 11.0 Å². The van der Waals surface area contributed by atoms with Crippen LogP contribution in [0.15, 0.2) is 42.5 Å². The highest BCUT2D eigenvalue weighted by Gasteiger charge is 2.27. The topological polar surface area (TPSA) is 111 Å². The molecule has 0 aliphatic heterocycles. The Morgan fingerprint density at radius 3 is 2.52 bits per heavy atom. The van der Waals surface area contributed by atoms with Gasteiger partial charge >= 0.3 is 5.69 Å². The zero-order valence-corrected chi connectivity index (χ0v) is 19.7. The maximum absolute atomic E-state index is 13.1. The van der Waals surface area contributed by atoms with Crippen LogP contribution in [-0.2, 0) is 16.1 Å². The number of nitrogens with one attached hydrogen (secondary N) is 1. The van der Waals surface area contributed by atoms with Gasteiger partial charge in [-0.3, -0.25) is 19.7 Å². The van der Waals surface area contributed by atoms with Crippen LogP contribution in [0.5, 0.6) is 11.5 Å². The Kier molecular flexibility index (Phi) is 9.20. The number of carbonyl (C=O) groups excluding carboxylic acids is 2. The van der Waals surface area contributed by atoms with Gasteiger partial charge in [-0.05, 0) is 38.8 Å². The van der Waals surface area contributed by atoms with Crippen LogP contribution in [0.25, 0.3) is 0 Å². The monoisotopic (exact) mass is 457 g/mol. The SMILES string of the molecule is CC[C@H](C)NC(=O)[C@@H](C)N(Cc1cccc(C)c1)C(=O)COc1ccc([N+](=O)[O-])c(OC)c1. The highest BCUT2D eigenvalue weighted by atomic mass is 16.6. The normalized spacial score (nSPS) is 12.4. The quantitative estimate of drug-likeness (QED) is 0.408. The fourth-order valence-electron chi connectivity index (χ4n) is 3.18. The van der Waals surface area contributed by atoms with Crippen LogP contribution in [0.3, 0.4) is 0 Å². The average molecular weight is 458 g/mol. The first kappa shape index (κ1) is 25.6. The number of nitro groups is 1. The van der Waals surface area contributed by atoms with Gasteiger partial charge in [-0.25, -0.2) is 0 Å². The van der Waals surface area contributed by atoms with Crippen molar-refractivity contribution in [1.29, 1.82) is 0 Å². The summed E-state index contributed by atoms with van der Waals surface area (Å²) < 4.78 is 10.6. The number of ether oxygens (including phenoxy) is 2. The van der Waals surface area contributed by atoms with Crippen LogP contribution in [0.2, 0.25) is 0 Å². The first-order valence-corrected chi connectivity index (χ1v) is 10.8. The number of hydrogen-bond acceptors (Lipinski definition) is 6. The number of hydrogen-bond donors (Lipinski definition) is 1. The van der Waals surface area contributed by atoms with Crippen LogP contribution in [0.1, 0.15) is 38.3 Å². The van der Waals surface area contributed by atoms with E-state index in [4.69, 9.17) is 9.47 Å². The molecule has 0 radical (unpaired) electrons. The zero-order valence-electron chi connectivity index (χ0n) is 19.7. The van der Waals surface area contributed by atoms with Gasteiger partial charge < -0.3 is 19.7 Å². The largest absolute Gasteiger partial charge is 0.490 e. The third-order valence-corrected chi connectivity index (χ3v) is 5.31. The molecule has 0 saturated heterocycles. The minimum Gasteiger partial charge on any atom is -0.490 e. The number of amides is 2. The average Bonchev–Trinajstić information content (AvgIpc) is 2.80. The van der Waals surface area contributed by atoms with Gasteiger partial charge in [-0.1, -0.05) is 36.8 Å². The van der Waals surface area contributed by atoms with E-state index >= 15 is 0 Å². The number of nitro benzene ring substituents is 1. The molecule has 0 saturated carbocycles. The predicted molar refractivity (Wildman–Crippen MR) is 124 cm³/mol. The highest BCUT2D eigenvalue weighted by Crippen LogP contribution is 2.30. The molecule has 9 heteroatoms. The predicted octanol–water partition coefficient (Wildman–Crippen LogP) is 3.62. The van der Waals surface area contributed by atoms with E-state index in [0.29, 0.717) is 0 Å². The molecule has 0 unspecified atom stereocenters. The Bertz CT molecular complexity index is 994. The molecule has 9 nitrogen and oxygen atoms in total. The molecule has 2 rings (SSSR count). The summed E-state index contributed by atoms with van der Waals surface area (Å²) in [4.78, 5) is 37.8. The lowest BCUT2D eigenvalue weighted by Crippen LogP contribution is -2.50. The van der Waals surface area contributed by atoms with E-state index in [-0.39, 0.29) is 48.2 Å². The molecule has 0 aromatic heterocycles. The molecular weight excluding hydrogens is 426 g/mol. The first-order chi connectivity index (χ1) is 15.7. The third-order valence-electron chi connectivity index (χ3n) is 5.31. The van der Waals surface area contributed by atoms with Crippen LogP contribution >= 0.6 is 0 Å². The van der Waals surface area contributed by atoms with E-state index in [1.165, 1.54) is 30.2 Å². The van der Waals surface area contributed by atoms with Crippen molar-refractivity contribution < 1.29 is 24.0 Å².